The highest BCUT2D eigenvalue weighted by atomic mass is 32.2. The Bertz CT molecular complexity index is 562. The van der Waals surface area contributed by atoms with E-state index in [0.29, 0.717) is 29.5 Å². The minimum absolute atomic E-state index is 0.285. The average Bonchev–Trinajstić information content (AvgIpc) is 2.68. The summed E-state index contributed by atoms with van der Waals surface area (Å²) in [6.07, 6.45) is 1.82. The van der Waals surface area contributed by atoms with Crippen molar-refractivity contribution in [2.75, 3.05) is 13.6 Å². The lowest BCUT2D eigenvalue weighted by molar-refractivity contribution is 0.453. The second-order valence-electron chi connectivity index (χ2n) is 5.74. The van der Waals surface area contributed by atoms with Crippen LogP contribution in [-0.2, 0) is 16.6 Å². The van der Waals surface area contributed by atoms with E-state index in [-0.39, 0.29) is 6.04 Å². The minimum atomic E-state index is -3.50. The molecule has 0 aliphatic heterocycles. The Balaban J connectivity index is 3.16. The predicted octanol–water partition coefficient (Wildman–Crippen LogP) is 2.82. The van der Waals surface area contributed by atoms with Crippen LogP contribution in [0.1, 0.15) is 50.7 Å². The summed E-state index contributed by atoms with van der Waals surface area (Å²) >= 11 is 0. The van der Waals surface area contributed by atoms with Gasteiger partial charge in [-0.25, -0.2) is 12.7 Å². The molecule has 0 aromatic carbocycles. The molecule has 5 nitrogen and oxygen atoms in total. The summed E-state index contributed by atoms with van der Waals surface area (Å²) < 4.78 is 32.5. The zero-order valence-corrected chi connectivity index (χ0v) is 14.8. The van der Waals surface area contributed by atoms with Gasteiger partial charge in [-0.3, -0.25) is 0 Å². The Hall–Kier alpha value is -0.850. The van der Waals surface area contributed by atoms with Crippen molar-refractivity contribution in [2.45, 2.75) is 64.9 Å². The number of sulfonamides is 1. The first-order valence-corrected chi connectivity index (χ1v) is 8.94. The molecule has 0 amide bonds. The maximum atomic E-state index is 12.8. The molecule has 0 saturated carbocycles. The summed E-state index contributed by atoms with van der Waals surface area (Å²) in [5, 5.41) is 3.27. The molecule has 1 heterocycles. The predicted molar refractivity (Wildman–Crippen MR) is 84.9 cm³/mol. The standard InChI is InChI=1S/C15H28N2O3S/c1-7-8-9-17(6)21(18,19)15-13(5)20-12(4)14(15)10-16-11(2)3/h11,16H,7-10H2,1-6H3. The maximum Gasteiger partial charge on any atom is 0.246 e. The molecule has 1 N–H and O–H groups in total. The van der Waals surface area contributed by atoms with Crippen molar-refractivity contribution in [3.05, 3.63) is 17.1 Å². The number of nitrogens with zero attached hydrogens (tertiary/aromatic N) is 1. The van der Waals surface area contributed by atoms with Crippen molar-refractivity contribution in [3.63, 3.8) is 0 Å². The Morgan fingerprint density at radius 2 is 1.86 bits per heavy atom. The molecule has 0 aliphatic rings. The summed E-state index contributed by atoms with van der Waals surface area (Å²) in [5.41, 5.74) is 0.740. The fraction of sp³-hybridized carbons (Fsp3) is 0.733. The minimum Gasteiger partial charge on any atom is -0.465 e. The SMILES string of the molecule is CCCCN(C)S(=O)(=O)c1c(C)oc(C)c1CNC(C)C. The fourth-order valence-electron chi connectivity index (χ4n) is 2.22. The van der Waals surface area contributed by atoms with E-state index in [0.717, 1.165) is 18.4 Å². The van der Waals surface area contributed by atoms with Gasteiger partial charge in [0.2, 0.25) is 10.0 Å². The first-order chi connectivity index (χ1) is 9.71. The van der Waals surface area contributed by atoms with Gasteiger partial charge < -0.3 is 9.73 Å². The molecule has 21 heavy (non-hydrogen) atoms. The van der Waals surface area contributed by atoms with Gasteiger partial charge in [0, 0.05) is 31.7 Å². The smallest absolute Gasteiger partial charge is 0.246 e. The summed E-state index contributed by atoms with van der Waals surface area (Å²) in [4.78, 5) is 0.326. The molecule has 0 bridgehead atoms. The summed E-state index contributed by atoms with van der Waals surface area (Å²) in [5.74, 6) is 1.14. The Morgan fingerprint density at radius 1 is 1.24 bits per heavy atom. The third-order valence-electron chi connectivity index (χ3n) is 3.51. The third-order valence-corrected chi connectivity index (χ3v) is 5.56. The van der Waals surface area contributed by atoms with Crippen LogP contribution < -0.4 is 5.32 Å². The highest BCUT2D eigenvalue weighted by molar-refractivity contribution is 7.89. The van der Waals surface area contributed by atoms with Crippen LogP contribution in [0.25, 0.3) is 0 Å². The number of hydrogen-bond donors (Lipinski definition) is 1. The molecule has 6 heteroatoms. The number of nitrogens with one attached hydrogen (secondary N) is 1. The third kappa shape index (κ3) is 4.31. The van der Waals surface area contributed by atoms with Crippen LogP contribution in [0.4, 0.5) is 0 Å². The van der Waals surface area contributed by atoms with Crippen molar-refractivity contribution < 1.29 is 12.8 Å². The van der Waals surface area contributed by atoms with Crippen molar-refractivity contribution in [3.8, 4) is 0 Å². The van der Waals surface area contributed by atoms with E-state index in [4.69, 9.17) is 4.42 Å². The lowest BCUT2D eigenvalue weighted by Crippen LogP contribution is -2.30. The monoisotopic (exact) mass is 316 g/mol. The van der Waals surface area contributed by atoms with Crippen LogP contribution >= 0.6 is 0 Å². The first kappa shape index (κ1) is 18.2. The quantitative estimate of drug-likeness (QED) is 0.801. The molecule has 0 aliphatic carbocycles. The molecular weight excluding hydrogens is 288 g/mol. The molecule has 0 fully saturated rings. The van der Waals surface area contributed by atoms with Crippen LogP contribution in [-0.4, -0.2) is 32.4 Å². The van der Waals surface area contributed by atoms with Crippen molar-refractivity contribution in [2.24, 2.45) is 0 Å². The van der Waals surface area contributed by atoms with E-state index in [2.05, 4.69) is 5.32 Å². The first-order valence-electron chi connectivity index (χ1n) is 7.50. The topological polar surface area (TPSA) is 62.6 Å². The van der Waals surface area contributed by atoms with E-state index in [1.807, 2.05) is 27.7 Å². The molecule has 122 valence electrons. The molecule has 0 spiro atoms. The Labute approximate surface area is 128 Å². The molecule has 0 atom stereocenters. The van der Waals surface area contributed by atoms with Gasteiger partial charge in [0.1, 0.15) is 16.4 Å². The van der Waals surface area contributed by atoms with Gasteiger partial charge in [0.25, 0.3) is 0 Å². The fourth-order valence-corrected chi connectivity index (χ4v) is 3.83. The zero-order chi connectivity index (χ0) is 16.2. The second kappa shape index (κ2) is 7.42. The summed E-state index contributed by atoms with van der Waals surface area (Å²) in [6, 6.07) is 0.285. The van der Waals surface area contributed by atoms with Crippen LogP contribution in [0.3, 0.4) is 0 Å². The van der Waals surface area contributed by atoms with E-state index < -0.39 is 10.0 Å². The molecule has 0 saturated heterocycles. The van der Waals surface area contributed by atoms with Gasteiger partial charge in [0.05, 0.1) is 0 Å². The molecule has 0 radical (unpaired) electrons. The van der Waals surface area contributed by atoms with Gasteiger partial charge in [-0.1, -0.05) is 27.2 Å². The number of furan rings is 1. The highest BCUT2D eigenvalue weighted by Crippen LogP contribution is 2.29. The van der Waals surface area contributed by atoms with Gasteiger partial charge in [0.15, 0.2) is 0 Å². The van der Waals surface area contributed by atoms with Gasteiger partial charge in [-0.05, 0) is 20.3 Å². The lowest BCUT2D eigenvalue weighted by Gasteiger charge is -2.18. The highest BCUT2D eigenvalue weighted by Gasteiger charge is 2.30. The van der Waals surface area contributed by atoms with E-state index in [9.17, 15) is 8.42 Å². The number of aryl methyl sites for hydroxylation is 2. The van der Waals surface area contributed by atoms with E-state index >= 15 is 0 Å². The zero-order valence-electron chi connectivity index (χ0n) is 14.0. The van der Waals surface area contributed by atoms with E-state index in [1.165, 1.54) is 4.31 Å². The molecule has 1 rings (SSSR count). The van der Waals surface area contributed by atoms with Gasteiger partial charge in [-0.2, -0.15) is 0 Å². The van der Waals surface area contributed by atoms with Crippen LogP contribution in [0.15, 0.2) is 9.31 Å². The van der Waals surface area contributed by atoms with Crippen LogP contribution in [0.2, 0.25) is 0 Å². The summed E-state index contributed by atoms with van der Waals surface area (Å²) in [7, 11) is -1.87. The van der Waals surface area contributed by atoms with Gasteiger partial charge in [-0.15, -0.1) is 0 Å². The van der Waals surface area contributed by atoms with Crippen LogP contribution in [0, 0.1) is 13.8 Å². The average molecular weight is 316 g/mol. The largest absolute Gasteiger partial charge is 0.465 e. The Morgan fingerprint density at radius 3 is 2.38 bits per heavy atom. The normalized spacial score (nSPS) is 12.6. The Kier molecular flexibility index (Phi) is 6.43. The number of rotatable bonds is 8. The molecular formula is C15H28N2O3S. The molecule has 1 aromatic heterocycles. The van der Waals surface area contributed by atoms with Gasteiger partial charge >= 0.3 is 0 Å². The summed E-state index contributed by atoms with van der Waals surface area (Å²) in [6.45, 7) is 10.7. The van der Waals surface area contributed by atoms with Crippen LogP contribution in [0.5, 0.6) is 0 Å². The lowest BCUT2D eigenvalue weighted by atomic mass is 10.2. The van der Waals surface area contributed by atoms with E-state index in [1.54, 1.807) is 14.0 Å². The number of hydrogen-bond acceptors (Lipinski definition) is 4. The molecule has 0 unspecified atom stereocenters. The maximum absolute atomic E-state index is 12.8. The van der Waals surface area contributed by atoms with Crippen molar-refractivity contribution >= 4 is 10.0 Å². The van der Waals surface area contributed by atoms with Crippen molar-refractivity contribution in [1.29, 1.82) is 0 Å². The number of unbranched alkanes of at least 4 members (excludes halogenated alkanes) is 1. The van der Waals surface area contributed by atoms with Crippen molar-refractivity contribution in [1.82, 2.24) is 9.62 Å². The molecule has 1 aromatic rings. The second-order valence-corrected chi connectivity index (χ2v) is 7.72.